The van der Waals surface area contributed by atoms with Gasteiger partial charge in [0.2, 0.25) is 5.91 Å². The van der Waals surface area contributed by atoms with Crippen LogP contribution in [0.2, 0.25) is 0 Å². The van der Waals surface area contributed by atoms with Crippen LogP contribution in [0, 0.1) is 19.7 Å². The minimum atomic E-state index is -0.587. The van der Waals surface area contributed by atoms with Crippen LogP contribution < -0.4 is 16.0 Å². The Morgan fingerprint density at radius 1 is 1.27 bits per heavy atom. The monoisotopic (exact) mass is 476 g/mol. The number of likely N-dealkylation sites (N-methyl/N-ethyl adjacent to an activating group) is 1. The van der Waals surface area contributed by atoms with Gasteiger partial charge in [-0.05, 0) is 68.3 Å². The Labute approximate surface area is 198 Å². The number of nitrogens with one attached hydrogen (secondary N) is 4. The first-order chi connectivity index (χ1) is 15.9. The van der Waals surface area contributed by atoms with E-state index < -0.39 is 5.92 Å². The lowest BCUT2D eigenvalue weighted by atomic mass is 9.93. The zero-order valence-electron chi connectivity index (χ0n) is 19.4. The Hall–Kier alpha value is -2.36. The number of H-pyrrole nitrogens is 1. The number of rotatable bonds is 12. The lowest BCUT2D eigenvalue weighted by molar-refractivity contribution is -0.117. The van der Waals surface area contributed by atoms with Crippen molar-refractivity contribution in [2.24, 2.45) is 0 Å². The van der Waals surface area contributed by atoms with Gasteiger partial charge in [-0.15, -0.1) is 0 Å². The fourth-order valence-electron chi connectivity index (χ4n) is 4.26. The zero-order chi connectivity index (χ0) is 24.0. The van der Waals surface area contributed by atoms with Crippen molar-refractivity contribution in [3.8, 4) is 0 Å². The molecule has 0 radical (unpaired) electrons. The second-order valence-electron chi connectivity index (χ2n) is 8.19. The molecule has 0 bridgehead atoms. The summed E-state index contributed by atoms with van der Waals surface area (Å²) in [6, 6.07) is 4.34. The number of carbonyl (C=O) groups is 2. The van der Waals surface area contributed by atoms with Gasteiger partial charge in [-0.3, -0.25) is 9.59 Å². The summed E-state index contributed by atoms with van der Waals surface area (Å²) in [5.41, 5.74) is 4.17. The number of aryl methyl sites for hydroxylation is 1. The van der Waals surface area contributed by atoms with Crippen molar-refractivity contribution >= 4 is 29.3 Å². The van der Waals surface area contributed by atoms with E-state index in [0.717, 1.165) is 35.7 Å². The van der Waals surface area contributed by atoms with Crippen LogP contribution in [-0.4, -0.2) is 53.9 Å². The predicted molar refractivity (Wildman–Crippen MR) is 130 cm³/mol. The highest BCUT2D eigenvalue weighted by molar-refractivity contribution is 7.99. The standard InChI is InChI=1S/C24H33FN4O3S/c1-4-26-9-10-27-23(31)19-14(2)21(28-15(19)3)22(33-12-6-5-11-30)20-17-13-16(25)7-8-18(17)29-24(20)32/h7-8,13,20,22,26,28,30H,4-6,9-12H2,1-3H3,(H,27,31)(H,29,32). The van der Waals surface area contributed by atoms with Crippen molar-refractivity contribution in [2.75, 3.05) is 37.3 Å². The lowest BCUT2D eigenvalue weighted by Crippen LogP contribution is -2.32. The number of aromatic nitrogens is 1. The SMILES string of the molecule is CCNCCNC(=O)c1c(C)[nH]c(C(SCCCCO)C2C(=O)Nc3ccc(F)cc32)c1C. The van der Waals surface area contributed by atoms with Crippen LogP contribution >= 0.6 is 11.8 Å². The number of carbonyl (C=O) groups excluding carboxylic acids is 2. The highest BCUT2D eigenvalue weighted by Gasteiger charge is 2.40. The second-order valence-corrected chi connectivity index (χ2v) is 9.44. The van der Waals surface area contributed by atoms with Crippen molar-refractivity contribution < 1.29 is 19.1 Å². The molecule has 3 rings (SSSR count). The maximum atomic E-state index is 14.1. The quantitative estimate of drug-likeness (QED) is 0.302. The van der Waals surface area contributed by atoms with Crippen LogP contribution in [-0.2, 0) is 4.79 Å². The maximum Gasteiger partial charge on any atom is 0.253 e. The van der Waals surface area contributed by atoms with Crippen molar-refractivity contribution in [2.45, 2.75) is 44.8 Å². The molecule has 33 heavy (non-hydrogen) atoms. The van der Waals surface area contributed by atoms with Crippen molar-refractivity contribution in [3.05, 3.63) is 52.1 Å². The molecule has 2 atom stereocenters. The number of aliphatic hydroxyl groups excluding tert-OH is 1. The molecule has 7 nitrogen and oxygen atoms in total. The summed E-state index contributed by atoms with van der Waals surface area (Å²) in [4.78, 5) is 29.2. The smallest absolute Gasteiger partial charge is 0.253 e. The number of aliphatic hydroxyl groups is 1. The van der Waals surface area contributed by atoms with Crippen molar-refractivity contribution in [1.29, 1.82) is 0 Å². The summed E-state index contributed by atoms with van der Waals surface area (Å²) in [6.07, 6.45) is 1.46. The van der Waals surface area contributed by atoms with Gasteiger partial charge in [-0.25, -0.2) is 4.39 Å². The number of anilines is 1. The van der Waals surface area contributed by atoms with E-state index in [9.17, 15) is 14.0 Å². The minimum Gasteiger partial charge on any atom is -0.396 e. The Morgan fingerprint density at radius 2 is 2.06 bits per heavy atom. The van der Waals surface area contributed by atoms with Gasteiger partial charge >= 0.3 is 0 Å². The highest BCUT2D eigenvalue weighted by Crippen LogP contribution is 2.48. The summed E-state index contributed by atoms with van der Waals surface area (Å²) in [5, 5.41) is 17.8. The maximum absolute atomic E-state index is 14.1. The summed E-state index contributed by atoms with van der Waals surface area (Å²) < 4.78 is 14.1. The number of benzene rings is 1. The highest BCUT2D eigenvalue weighted by atomic mass is 32.2. The summed E-state index contributed by atoms with van der Waals surface area (Å²) in [5.74, 6) is -0.590. The average molecular weight is 477 g/mol. The second kappa shape index (κ2) is 11.7. The van der Waals surface area contributed by atoms with Gasteiger partial charge < -0.3 is 26.0 Å². The number of hydrogen-bond acceptors (Lipinski definition) is 5. The molecule has 180 valence electrons. The molecule has 5 N–H and O–H groups in total. The van der Waals surface area contributed by atoms with Crippen LogP contribution in [0.1, 0.15) is 63.8 Å². The van der Waals surface area contributed by atoms with Crippen LogP contribution in [0.3, 0.4) is 0 Å². The third-order valence-electron chi connectivity index (χ3n) is 5.87. The molecule has 1 aromatic carbocycles. The van der Waals surface area contributed by atoms with Gasteiger partial charge in [0.15, 0.2) is 0 Å². The minimum absolute atomic E-state index is 0.112. The average Bonchev–Trinajstić information content (AvgIpc) is 3.26. The Bertz CT molecular complexity index is 994. The molecule has 9 heteroatoms. The van der Waals surface area contributed by atoms with Crippen molar-refractivity contribution in [1.82, 2.24) is 15.6 Å². The molecule has 0 saturated carbocycles. The molecule has 2 unspecified atom stereocenters. The Balaban J connectivity index is 1.93. The van der Waals surface area contributed by atoms with E-state index in [4.69, 9.17) is 5.11 Å². The van der Waals surface area contributed by atoms with E-state index >= 15 is 0 Å². The first-order valence-corrected chi connectivity index (χ1v) is 12.4. The van der Waals surface area contributed by atoms with Crippen molar-refractivity contribution in [3.63, 3.8) is 0 Å². The van der Waals surface area contributed by atoms with E-state index in [1.165, 1.54) is 12.1 Å². The molecule has 0 fully saturated rings. The molecule has 2 amide bonds. The summed E-state index contributed by atoms with van der Waals surface area (Å²) >= 11 is 1.59. The van der Waals surface area contributed by atoms with Gasteiger partial charge in [0.25, 0.3) is 5.91 Å². The Kier molecular flexibility index (Phi) is 8.94. The van der Waals surface area contributed by atoms with E-state index in [-0.39, 0.29) is 29.5 Å². The fourth-order valence-corrected chi connectivity index (χ4v) is 5.75. The van der Waals surface area contributed by atoms with Gasteiger partial charge in [-0.1, -0.05) is 6.92 Å². The third-order valence-corrected chi connectivity index (χ3v) is 7.26. The predicted octanol–water partition coefficient (Wildman–Crippen LogP) is 3.39. The van der Waals surface area contributed by atoms with Crippen LogP contribution in [0.15, 0.2) is 18.2 Å². The zero-order valence-corrected chi connectivity index (χ0v) is 20.2. The van der Waals surface area contributed by atoms with Crippen LogP contribution in [0.5, 0.6) is 0 Å². The number of unbranched alkanes of at least 4 members (excludes halogenated alkanes) is 1. The molecule has 0 saturated heterocycles. The topological polar surface area (TPSA) is 106 Å². The van der Waals surface area contributed by atoms with Gasteiger partial charge in [0, 0.05) is 36.8 Å². The normalized spacial score (nSPS) is 15.9. The van der Waals surface area contributed by atoms with E-state index in [0.29, 0.717) is 36.3 Å². The lowest BCUT2D eigenvalue weighted by Gasteiger charge is -2.22. The van der Waals surface area contributed by atoms with E-state index in [1.54, 1.807) is 17.8 Å². The first-order valence-electron chi connectivity index (χ1n) is 11.4. The molecule has 2 heterocycles. The third kappa shape index (κ3) is 5.77. The summed E-state index contributed by atoms with van der Waals surface area (Å²) in [7, 11) is 0. The molecule has 1 aliphatic rings. The number of halogens is 1. The van der Waals surface area contributed by atoms with E-state index in [2.05, 4.69) is 20.9 Å². The largest absolute Gasteiger partial charge is 0.396 e. The number of amides is 2. The van der Waals surface area contributed by atoms with Gasteiger partial charge in [-0.2, -0.15) is 11.8 Å². The molecular weight excluding hydrogens is 443 g/mol. The fraction of sp³-hybridized carbons (Fsp3) is 0.500. The van der Waals surface area contributed by atoms with Gasteiger partial charge in [0.05, 0.1) is 16.7 Å². The number of aromatic amines is 1. The number of thioether (sulfide) groups is 1. The molecule has 2 aromatic rings. The molecule has 0 spiro atoms. The Morgan fingerprint density at radius 3 is 2.79 bits per heavy atom. The van der Waals surface area contributed by atoms with Crippen LogP contribution in [0.25, 0.3) is 0 Å². The molecule has 1 aromatic heterocycles. The van der Waals surface area contributed by atoms with E-state index in [1.807, 2.05) is 20.8 Å². The van der Waals surface area contributed by atoms with Gasteiger partial charge in [0.1, 0.15) is 5.82 Å². The number of hydrogen-bond donors (Lipinski definition) is 5. The first kappa shape index (κ1) is 25.3. The number of fused-ring (bicyclic) bond motifs is 1. The molecule has 1 aliphatic heterocycles. The molecular formula is C24H33FN4O3S. The van der Waals surface area contributed by atoms with Crippen LogP contribution in [0.4, 0.5) is 10.1 Å². The molecule has 0 aliphatic carbocycles. The summed E-state index contributed by atoms with van der Waals surface area (Å²) in [6.45, 7) is 7.90.